The summed E-state index contributed by atoms with van der Waals surface area (Å²) >= 11 is 0. The lowest BCUT2D eigenvalue weighted by Crippen LogP contribution is -2.21. The SMILES string of the molecule is CC(C)=CCC/C(C)=C/CC/C(C)=C/CCC(C)=CCCC(=O)OCC(O)CO. The minimum absolute atomic E-state index is 0.147. The number of aliphatic hydroxyl groups excluding tert-OH is 2. The highest BCUT2D eigenvalue weighted by molar-refractivity contribution is 5.69. The third kappa shape index (κ3) is 18.1. The van der Waals surface area contributed by atoms with Gasteiger partial charge in [0.05, 0.1) is 6.61 Å². The first-order valence-electron chi connectivity index (χ1n) is 10.8. The van der Waals surface area contributed by atoms with Crippen LogP contribution in [0.2, 0.25) is 0 Å². The van der Waals surface area contributed by atoms with E-state index in [1.54, 1.807) is 0 Å². The minimum Gasteiger partial charge on any atom is -0.463 e. The molecule has 2 N–H and O–H groups in total. The molecule has 0 bridgehead atoms. The average molecular weight is 407 g/mol. The summed E-state index contributed by atoms with van der Waals surface area (Å²) in [5.41, 5.74) is 5.56. The molecule has 0 radical (unpaired) electrons. The van der Waals surface area contributed by atoms with Crippen LogP contribution in [0.3, 0.4) is 0 Å². The third-order valence-electron chi connectivity index (χ3n) is 4.64. The third-order valence-corrected chi connectivity index (χ3v) is 4.64. The second-order valence-electron chi connectivity index (χ2n) is 8.11. The number of allylic oxidation sites excluding steroid dienone is 8. The Bertz CT molecular complexity index is 578. The molecule has 0 spiro atoms. The Hall–Kier alpha value is -1.65. The fourth-order valence-corrected chi connectivity index (χ4v) is 2.74. The molecule has 0 saturated carbocycles. The monoisotopic (exact) mass is 406 g/mol. The standard InChI is InChI=1S/C25H42O4/c1-20(2)10-6-11-21(3)12-7-13-22(4)14-8-15-23(5)16-9-17-25(28)29-19-24(27)18-26/h10,12,14,16,24,26-27H,6-9,11,13,15,17-19H2,1-5H3/b21-12+,22-14+,23-16?. The zero-order chi connectivity index (χ0) is 22.1. The molecular weight excluding hydrogens is 364 g/mol. The molecule has 0 aliphatic heterocycles. The lowest BCUT2D eigenvalue weighted by Gasteiger charge is -2.07. The van der Waals surface area contributed by atoms with Gasteiger partial charge in [0.25, 0.3) is 0 Å². The second kappa shape index (κ2) is 17.2. The summed E-state index contributed by atoms with van der Waals surface area (Å²) in [7, 11) is 0. The lowest BCUT2D eigenvalue weighted by atomic mass is 10.0. The molecule has 0 rings (SSSR count). The van der Waals surface area contributed by atoms with E-state index in [1.165, 1.54) is 22.3 Å². The number of hydrogen-bond donors (Lipinski definition) is 2. The van der Waals surface area contributed by atoms with Crippen molar-refractivity contribution >= 4 is 5.97 Å². The Morgan fingerprint density at radius 3 is 1.59 bits per heavy atom. The molecule has 0 aromatic carbocycles. The second-order valence-corrected chi connectivity index (χ2v) is 8.11. The quantitative estimate of drug-likeness (QED) is 0.266. The van der Waals surface area contributed by atoms with Gasteiger partial charge in [-0.15, -0.1) is 0 Å². The molecule has 4 nitrogen and oxygen atoms in total. The molecule has 0 aromatic rings. The van der Waals surface area contributed by atoms with Gasteiger partial charge < -0.3 is 14.9 Å². The highest BCUT2D eigenvalue weighted by Crippen LogP contribution is 2.14. The van der Waals surface area contributed by atoms with E-state index in [1.807, 2.05) is 0 Å². The fourth-order valence-electron chi connectivity index (χ4n) is 2.74. The van der Waals surface area contributed by atoms with E-state index in [2.05, 4.69) is 58.9 Å². The topological polar surface area (TPSA) is 66.8 Å². The van der Waals surface area contributed by atoms with Crippen molar-refractivity contribution in [3.63, 3.8) is 0 Å². The summed E-state index contributed by atoms with van der Waals surface area (Å²) in [6.07, 6.45) is 15.5. The Morgan fingerprint density at radius 1 is 0.759 bits per heavy atom. The van der Waals surface area contributed by atoms with Crippen LogP contribution in [0.5, 0.6) is 0 Å². The van der Waals surface area contributed by atoms with Crippen molar-refractivity contribution < 1.29 is 19.7 Å². The summed E-state index contributed by atoms with van der Waals surface area (Å²) in [5.74, 6) is -0.346. The molecule has 0 fully saturated rings. The van der Waals surface area contributed by atoms with E-state index in [0.717, 1.165) is 38.5 Å². The predicted octanol–water partition coefficient (Wildman–Crippen LogP) is 5.81. The molecule has 1 atom stereocenters. The van der Waals surface area contributed by atoms with Gasteiger partial charge in [0.15, 0.2) is 0 Å². The molecule has 29 heavy (non-hydrogen) atoms. The van der Waals surface area contributed by atoms with Crippen LogP contribution in [-0.4, -0.2) is 35.5 Å². The van der Waals surface area contributed by atoms with Gasteiger partial charge in [0.2, 0.25) is 0 Å². The zero-order valence-corrected chi connectivity index (χ0v) is 19.2. The lowest BCUT2D eigenvalue weighted by molar-refractivity contribution is -0.147. The van der Waals surface area contributed by atoms with Crippen LogP contribution < -0.4 is 0 Å². The largest absolute Gasteiger partial charge is 0.463 e. The summed E-state index contributed by atoms with van der Waals surface area (Å²) in [6.45, 7) is 10.2. The van der Waals surface area contributed by atoms with Gasteiger partial charge >= 0.3 is 5.97 Å². The molecular formula is C25H42O4. The maximum atomic E-state index is 11.5. The number of carbonyl (C=O) groups excluding carboxylic acids is 1. The first-order valence-corrected chi connectivity index (χ1v) is 10.8. The smallest absolute Gasteiger partial charge is 0.306 e. The van der Waals surface area contributed by atoms with E-state index < -0.39 is 12.7 Å². The molecule has 166 valence electrons. The van der Waals surface area contributed by atoms with Crippen molar-refractivity contribution in [3.05, 3.63) is 46.6 Å². The van der Waals surface area contributed by atoms with Gasteiger partial charge in [0, 0.05) is 6.42 Å². The van der Waals surface area contributed by atoms with Crippen molar-refractivity contribution in [1.29, 1.82) is 0 Å². The maximum Gasteiger partial charge on any atom is 0.306 e. The van der Waals surface area contributed by atoms with Gasteiger partial charge in [-0.3, -0.25) is 4.79 Å². The highest BCUT2D eigenvalue weighted by Gasteiger charge is 2.06. The normalized spacial score (nSPS) is 14.0. The number of esters is 1. The van der Waals surface area contributed by atoms with Crippen LogP contribution in [0.4, 0.5) is 0 Å². The molecule has 0 aliphatic rings. The van der Waals surface area contributed by atoms with Crippen molar-refractivity contribution in [3.8, 4) is 0 Å². The predicted molar refractivity (Wildman–Crippen MR) is 122 cm³/mol. The van der Waals surface area contributed by atoms with Gasteiger partial charge in [-0.2, -0.15) is 0 Å². The van der Waals surface area contributed by atoms with Gasteiger partial charge in [-0.05, 0) is 79.6 Å². The van der Waals surface area contributed by atoms with Gasteiger partial charge in [0.1, 0.15) is 12.7 Å². The first kappa shape index (κ1) is 27.4. The molecule has 0 aromatic heterocycles. The van der Waals surface area contributed by atoms with Crippen molar-refractivity contribution in [2.45, 2.75) is 92.1 Å². The number of aliphatic hydroxyl groups is 2. The van der Waals surface area contributed by atoms with Crippen LogP contribution in [0.15, 0.2) is 46.6 Å². The maximum absolute atomic E-state index is 11.5. The minimum atomic E-state index is -0.992. The number of carbonyl (C=O) groups is 1. The van der Waals surface area contributed by atoms with E-state index in [-0.39, 0.29) is 12.6 Å². The number of ether oxygens (including phenoxy) is 1. The molecule has 1 unspecified atom stereocenters. The molecule has 0 heterocycles. The summed E-state index contributed by atoms with van der Waals surface area (Å²) in [4.78, 5) is 11.5. The van der Waals surface area contributed by atoms with Gasteiger partial charge in [-0.25, -0.2) is 0 Å². The van der Waals surface area contributed by atoms with Gasteiger partial charge in [-0.1, -0.05) is 46.6 Å². The Kier molecular flexibility index (Phi) is 16.2. The van der Waals surface area contributed by atoms with Crippen LogP contribution in [0, 0.1) is 0 Å². The van der Waals surface area contributed by atoms with Crippen molar-refractivity contribution in [2.75, 3.05) is 13.2 Å². The molecule has 0 amide bonds. The average Bonchev–Trinajstić information content (AvgIpc) is 2.65. The number of rotatable bonds is 15. The van der Waals surface area contributed by atoms with Crippen LogP contribution in [-0.2, 0) is 9.53 Å². The Morgan fingerprint density at radius 2 is 1.17 bits per heavy atom. The summed E-state index contributed by atoms with van der Waals surface area (Å²) < 4.78 is 4.88. The highest BCUT2D eigenvalue weighted by atomic mass is 16.5. The van der Waals surface area contributed by atoms with E-state index in [9.17, 15) is 4.79 Å². The van der Waals surface area contributed by atoms with E-state index in [4.69, 9.17) is 14.9 Å². The van der Waals surface area contributed by atoms with Crippen LogP contribution >= 0.6 is 0 Å². The zero-order valence-electron chi connectivity index (χ0n) is 19.2. The molecule has 0 saturated heterocycles. The van der Waals surface area contributed by atoms with E-state index in [0.29, 0.717) is 12.8 Å². The fraction of sp³-hybridized carbons (Fsp3) is 0.640. The van der Waals surface area contributed by atoms with Crippen LogP contribution in [0.25, 0.3) is 0 Å². The number of hydrogen-bond acceptors (Lipinski definition) is 4. The summed E-state index contributed by atoms with van der Waals surface area (Å²) in [5, 5.41) is 17.8. The van der Waals surface area contributed by atoms with Crippen LogP contribution in [0.1, 0.15) is 86.0 Å². The molecule has 4 heteroatoms. The van der Waals surface area contributed by atoms with Crippen molar-refractivity contribution in [2.24, 2.45) is 0 Å². The summed E-state index contributed by atoms with van der Waals surface area (Å²) in [6, 6.07) is 0. The van der Waals surface area contributed by atoms with Crippen molar-refractivity contribution in [1.82, 2.24) is 0 Å². The Labute approximate surface area is 178 Å². The first-order chi connectivity index (χ1) is 13.7. The Balaban J connectivity index is 4.00. The molecule has 0 aliphatic carbocycles. The van der Waals surface area contributed by atoms with E-state index >= 15 is 0 Å².